The molecule has 0 bridgehead atoms. The second-order valence-corrected chi connectivity index (χ2v) is 7.44. The summed E-state index contributed by atoms with van der Waals surface area (Å²) >= 11 is 3.73. The van der Waals surface area contributed by atoms with Crippen LogP contribution in [0.25, 0.3) is 0 Å². The standard InChI is InChI=1S/C16H30BrN3O/c1-7-13-15(17)14(20(5)19-13)10-12(16(2,3)4)11-18-8-9-21-6/h12,18H,7-11H2,1-6H3. The summed E-state index contributed by atoms with van der Waals surface area (Å²) in [6.07, 6.45) is 1.98. The van der Waals surface area contributed by atoms with Gasteiger partial charge in [-0.15, -0.1) is 0 Å². The lowest BCUT2D eigenvalue weighted by atomic mass is 9.78. The summed E-state index contributed by atoms with van der Waals surface area (Å²) in [5, 5.41) is 8.11. The Morgan fingerprint density at radius 3 is 2.52 bits per heavy atom. The Morgan fingerprint density at radius 2 is 2.05 bits per heavy atom. The molecule has 5 heteroatoms. The fourth-order valence-corrected chi connectivity index (χ4v) is 3.19. The predicted octanol–water partition coefficient (Wildman–Crippen LogP) is 3.19. The summed E-state index contributed by atoms with van der Waals surface area (Å²) in [6, 6.07) is 0. The molecule has 0 spiro atoms. The van der Waals surface area contributed by atoms with Gasteiger partial charge in [-0.3, -0.25) is 4.68 Å². The first kappa shape index (κ1) is 18.7. The molecule has 1 aromatic heterocycles. The van der Waals surface area contributed by atoms with Crippen molar-refractivity contribution in [2.45, 2.75) is 40.5 Å². The molecule has 1 aromatic rings. The summed E-state index contributed by atoms with van der Waals surface area (Å²) in [4.78, 5) is 0. The molecule has 1 rings (SSSR count). The van der Waals surface area contributed by atoms with E-state index in [0.29, 0.717) is 5.92 Å². The van der Waals surface area contributed by atoms with Crippen LogP contribution in [-0.2, 0) is 24.6 Å². The molecule has 0 aliphatic carbocycles. The van der Waals surface area contributed by atoms with Crippen LogP contribution in [0.3, 0.4) is 0 Å². The van der Waals surface area contributed by atoms with Crippen LogP contribution in [0.5, 0.6) is 0 Å². The van der Waals surface area contributed by atoms with Gasteiger partial charge in [-0.25, -0.2) is 0 Å². The molecule has 0 saturated carbocycles. The maximum absolute atomic E-state index is 5.10. The van der Waals surface area contributed by atoms with Crippen molar-refractivity contribution < 1.29 is 4.74 Å². The highest BCUT2D eigenvalue weighted by Crippen LogP contribution is 2.32. The van der Waals surface area contributed by atoms with Gasteiger partial charge in [0.15, 0.2) is 0 Å². The van der Waals surface area contributed by atoms with Gasteiger partial charge in [0.25, 0.3) is 0 Å². The van der Waals surface area contributed by atoms with E-state index < -0.39 is 0 Å². The van der Waals surface area contributed by atoms with Crippen molar-refractivity contribution in [3.63, 3.8) is 0 Å². The molecule has 21 heavy (non-hydrogen) atoms. The van der Waals surface area contributed by atoms with Gasteiger partial charge in [-0.05, 0) is 46.6 Å². The van der Waals surface area contributed by atoms with Gasteiger partial charge < -0.3 is 10.1 Å². The number of aromatic nitrogens is 2. The van der Waals surface area contributed by atoms with Crippen LogP contribution in [0, 0.1) is 11.3 Å². The van der Waals surface area contributed by atoms with Crippen LogP contribution in [0.2, 0.25) is 0 Å². The van der Waals surface area contributed by atoms with Crippen LogP contribution in [0.4, 0.5) is 0 Å². The highest BCUT2D eigenvalue weighted by atomic mass is 79.9. The molecule has 4 nitrogen and oxygen atoms in total. The van der Waals surface area contributed by atoms with Crippen molar-refractivity contribution in [2.75, 3.05) is 26.8 Å². The molecule has 0 aliphatic rings. The average Bonchev–Trinajstić information content (AvgIpc) is 2.67. The minimum Gasteiger partial charge on any atom is -0.383 e. The lowest BCUT2D eigenvalue weighted by Gasteiger charge is -2.31. The van der Waals surface area contributed by atoms with Crippen molar-refractivity contribution in [2.24, 2.45) is 18.4 Å². The third-order valence-electron chi connectivity index (χ3n) is 4.04. The summed E-state index contributed by atoms with van der Waals surface area (Å²) in [7, 11) is 3.78. The maximum atomic E-state index is 5.10. The van der Waals surface area contributed by atoms with E-state index >= 15 is 0 Å². The van der Waals surface area contributed by atoms with Crippen molar-refractivity contribution in [1.82, 2.24) is 15.1 Å². The second kappa shape index (κ2) is 8.30. The molecule has 1 N–H and O–H groups in total. The highest BCUT2D eigenvalue weighted by Gasteiger charge is 2.27. The number of nitrogens with zero attached hydrogens (tertiary/aromatic N) is 2. The zero-order valence-electron chi connectivity index (χ0n) is 14.3. The molecule has 1 atom stereocenters. The smallest absolute Gasteiger partial charge is 0.0766 e. The van der Waals surface area contributed by atoms with Crippen molar-refractivity contribution in [3.05, 3.63) is 15.9 Å². The van der Waals surface area contributed by atoms with Crippen LogP contribution < -0.4 is 5.32 Å². The molecule has 1 heterocycles. The number of hydrogen-bond donors (Lipinski definition) is 1. The summed E-state index contributed by atoms with van der Waals surface area (Å²) in [6.45, 7) is 11.7. The minimum atomic E-state index is 0.246. The molecule has 0 aromatic carbocycles. The van der Waals surface area contributed by atoms with Crippen molar-refractivity contribution >= 4 is 15.9 Å². The van der Waals surface area contributed by atoms with E-state index in [-0.39, 0.29) is 5.41 Å². The van der Waals surface area contributed by atoms with Crippen molar-refractivity contribution in [1.29, 1.82) is 0 Å². The minimum absolute atomic E-state index is 0.246. The number of nitrogens with one attached hydrogen (secondary N) is 1. The largest absolute Gasteiger partial charge is 0.383 e. The summed E-state index contributed by atoms with van der Waals surface area (Å²) < 4.78 is 8.30. The Kier molecular flexibility index (Phi) is 7.37. The molecule has 0 amide bonds. The molecular weight excluding hydrogens is 330 g/mol. The number of rotatable bonds is 8. The van der Waals surface area contributed by atoms with Gasteiger partial charge in [0.1, 0.15) is 0 Å². The van der Waals surface area contributed by atoms with Gasteiger partial charge in [0, 0.05) is 20.7 Å². The second-order valence-electron chi connectivity index (χ2n) is 6.65. The molecule has 0 fully saturated rings. The molecular formula is C16H30BrN3O. The molecule has 0 saturated heterocycles. The molecule has 122 valence electrons. The van der Waals surface area contributed by atoms with E-state index in [0.717, 1.165) is 38.2 Å². The van der Waals surface area contributed by atoms with Crippen LogP contribution in [0.15, 0.2) is 4.47 Å². The Labute approximate surface area is 137 Å². The molecule has 0 radical (unpaired) electrons. The first-order chi connectivity index (χ1) is 9.81. The van der Waals surface area contributed by atoms with E-state index in [2.05, 4.69) is 54.0 Å². The SMILES string of the molecule is CCc1nn(C)c(CC(CNCCOC)C(C)(C)C)c1Br. The quantitative estimate of drug-likeness (QED) is 0.724. The van der Waals surface area contributed by atoms with Crippen LogP contribution >= 0.6 is 15.9 Å². The fourth-order valence-electron chi connectivity index (χ4n) is 2.41. The zero-order valence-corrected chi connectivity index (χ0v) is 15.9. The van der Waals surface area contributed by atoms with E-state index in [4.69, 9.17) is 4.74 Å². The Balaban J connectivity index is 2.79. The molecule has 1 unspecified atom stereocenters. The number of hydrogen-bond acceptors (Lipinski definition) is 3. The first-order valence-corrected chi connectivity index (χ1v) is 8.50. The number of aryl methyl sites for hydroxylation is 2. The lowest BCUT2D eigenvalue weighted by molar-refractivity contribution is 0.185. The van der Waals surface area contributed by atoms with Crippen molar-refractivity contribution in [3.8, 4) is 0 Å². The third-order valence-corrected chi connectivity index (χ3v) is 4.96. The lowest BCUT2D eigenvalue weighted by Crippen LogP contribution is -2.35. The normalized spacial score (nSPS) is 13.7. The van der Waals surface area contributed by atoms with Gasteiger partial charge in [-0.2, -0.15) is 5.10 Å². The molecule has 0 aliphatic heterocycles. The van der Waals surface area contributed by atoms with E-state index in [9.17, 15) is 0 Å². The average molecular weight is 360 g/mol. The summed E-state index contributed by atoms with van der Waals surface area (Å²) in [5.41, 5.74) is 2.68. The van der Waals surface area contributed by atoms with E-state index in [1.165, 1.54) is 10.2 Å². The van der Waals surface area contributed by atoms with Gasteiger partial charge in [-0.1, -0.05) is 27.7 Å². The van der Waals surface area contributed by atoms with Crippen LogP contribution in [-0.4, -0.2) is 36.6 Å². The highest BCUT2D eigenvalue weighted by molar-refractivity contribution is 9.10. The summed E-state index contributed by atoms with van der Waals surface area (Å²) in [5.74, 6) is 0.547. The van der Waals surface area contributed by atoms with Gasteiger partial charge in [0.2, 0.25) is 0 Å². The van der Waals surface area contributed by atoms with Gasteiger partial charge >= 0.3 is 0 Å². The first-order valence-electron chi connectivity index (χ1n) is 7.71. The maximum Gasteiger partial charge on any atom is 0.0766 e. The van der Waals surface area contributed by atoms with E-state index in [1.54, 1.807) is 7.11 Å². The monoisotopic (exact) mass is 359 g/mol. The Hall–Kier alpha value is -0.390. The zero-order chi connectivity index (χ0) is 16.0. The third kappa shape index (κ3) is 5.38. The Morgan fingerprint density at radius 1 is 1.38 bits per heavy atom. The number of ether oxygens (including phenoxy) is 1. The van der Waals surface area contributed by atoms with E-state index in [1.807, 2.05) is 11.7 Å². The number of methoxy groups -OCH3 is 1. The Bertz CT molecular complexity index is 437. The number of halogens is 1. The topological polar surface area (TPSA) is 39.1 Å². The fraction of sp³-hybridized carbons (Fsp3) is 0.812. The van der Waals surface area contributed by atoms with Crippen LogP contribution in [0.1, 0.15) is 39.1 Å². The van der Waals surface area contributed by atoms with Gasteiger partial charge in [0.05, 0.1) is 22.5 Å². The predicted molar refractivity (Wildman–Crippen MR) is 91.7 cm³/mol.